The van der Waals surface area contributed by atoms with Crippen LogP contribution in [-0.2, 0) is 6.61 Å². The molecule has 98 valence electrons. The lowest BCUT2D eigenvalue weighted by molar-refractivity contribution is 0.306. The fourth-order valence-electron chi connectivity index (χ4n) is 1.51. The van der Waals surface area contributed by atoms with Gasteiger partial charge in [-0.05, 0) is 58.5 Å². The minimum atomic E-state index is 0.325. The van der Waals surface area contributed by atoms with Gasteiger partial charge in [-0.3, -0.25) is 0 Å². The van der Waals surface area contributed by atoms with Crippen molar-refractivity contribution in [3.8, 4) is 5.75 Å². The van der Waals surface area contributed by atoms with Gasteiger partial charge in [0, 0.05) is 9.13 Å². The van der Waals surface area contributed by atoms with Gasteiger partial charge in [0.05, 0.1) is 5.02 Å². The zero-order chi connectivity index (χ0) is 13.8. The second-order valence-corrected chi connectivity index (χ2v) is 6.02. The van der Waals surface area contributed by atoms with E-state index in [1.165, 1.54) is 3.57 Å². The summed E-state index contributed by atoms with van der Waals surface area (Å²) in [6.07, 6.45) is 0. The smallest absolute Gasteiger partial charge is 0.138 e. The average Bonchev–Trinajstić information content (AvgIpc) is 2.39. The number of nitrogens with two attached hydrogens (primary N) is 1. The molecule has 2 rings (SSSR count). The molecule has 0 aromatic heterocycles. The molecule has 2 aromatic carbocycles. The van der Waals surface area contributed by atoms with Gasteiger partial charge in [-0.15, -0.1) is 0 Å². The highest BCUT2D eigenvalue weighted by atomic mass is 127. The molecular formula is C14H11ClINOS. The lowest BCUT2D eigenvalue weighted by atomic mass is 10.2. The number of halogens is 2. The van der Waals surface area contributed by atoms with Crippen LogP contribution in [0.4, 0.5) is 0 Å². The lowest BCUT2D eigenvalue weighted by Crippen LogP contribution is -2.09. The molecule has 5 heteroatoms. The van der Waals surface area contributed by atoms with E-state index >= 15 is 0 Å². The van der Waals surface area contributed by atoms with Crippen LogP contribution in [0.25, 0.3) is 0 Å². The predicted molar refractivity (Wildman–Crippen MR) is 90.8 cm³/mol. The van der Waals surface area contributed by atoms with Crippen LogP contribution in [0.2, 0.25) is 5.02 Å². The quantitative estimate of drug-likeness (QED) is 0.615. The standard InChI is InChI=1S/C14H11ClINOS/c15-12-7-10(14(17)19)3-6-13(12)18-8-9-1-4-11(16)5-2-9/h1-7H,8H2,(H2,17,19). The van der Waals surface area contributed by atoms with E-state index in [1.807, 2.05) is 24.3 Å². The fourth-order valence-corrected chi connectivity index (χ4v) is 2.23. The van der Waals surface area contributed by atoms with Crippen LogP contribution in [0.1, 0.15) is 11.1 Å². The Labute approximate surface area is 136 Å². The summed E-state index contributed by atoms with van der Waals surface area (Å²) in [5.74, 6) is 0.625. The normalized spacial score (nSPS) is 10.2. The molecule has 2 aromatic rings. The van der Waals surface area contributed by atoms with Crippen molar-refractivity contribution in [3.05, 3.63) is 62.2 Å². The molecule has 0 aliphatic carbocycles. The van der Waals surface area contributed by atoms with Crippen LogP contribution in [-0.4, -0.2) is 4.99 Å². The molecule has 0 aliphatic heterocycles. The first-order valence-electron chi connectivity index (χ1n) is 5.53. The van der Waals surface area contributed by atoms with Gasteiger partial charge in [-0.25, -0.2) is 0 Å². The van der Waals surface area contributed by atoms with E-state index in [1.54, 1.807) is 18.2 Å². The summed E-state index contributed by atoms with van der Waals surface area (Å²) in [6, 6.07) is 13.4. The monoisotopic (exact) mass is 403 g/mol. The molecule has 19 heavy (non-hydrogen) atoms. The van der Waals surface area contributed by atoms with E-state index in [2.05, 4.69) is 22.6 Å². The van der Waals surface area contributed by atoms with Gasteiger partial charge >= 0.3 is 0 Å². The molecule has 0 saturated carbocycles. The summed E-state index contributed by atoms with van der Waals surface area (Å²) >= 11 is 13.3. The maximum atomic E-state index is 6.12. The Kier molecular flexibility index (Phi) is 5.01. The fraction of sp³-hybridized carbons (Fsp3) is 0.0714. The SMILES string of the molecule is NC(=S)c1ccc(OCc2ccc(I)cc2)c(Cl)c1. The highest BCUT2D eigenvalue weighted by molar-refractivity contribution is 14.1. The highest BCUT2D eigenvalue weighted by Crippen LogP contribution is 2.26. The number of benzene rings is 2. The minimum absolute atomic E-state index is 0.325. The van der Waals surface area contributed by atoms with Gasteiger partial charge in [0.1, 0.15) is 17.3 Å². The van der Waals surface area contributed by atoms with Crippen LogP contribution in [0, 0.1) is 3.57 Å². The molecule has 0 aliphatic rings. The third-order valence-corrected chi connectivity index (χ3v) is 3.77. The molecule has 2 nitrogen and oxygen atoms in total. The number of hydrogen-bond acceptors (Lipinski definition) is 2. The van der Waals surface area contributed by atoms with Crippen LogP contribution in [0.5, 0.6) is 5.75 Å². The van der Waals surface area contributed by atoms with E-state index in [9.17, 15) is 0 Å². The van der Waals surface area contributed by atoms with Crippen molar-refractivity contribution in [2.24, 2.45) is 5.73 Å². The first-order valence-corrected chi connectivity index (χ1v) is 7.39. The number of rotatable bonds is 4. The average molecular weight is 404 g/mol. The molecule has 2 N–H and O–H groups in total. The van der Waals surface area contributed by atoms with Gasteiger partial charge in [0.25, 0.3) is 0 Å². The Bertz CT molecular complexity index is 601. The summed E-state index contributed by atoms with van der Waals surface area (Å²) < 4.78 is 6.87. The van der Waals surface area contributed by atoms with Crippen molar-refractivity contribution in [3.63, 3.8) is 0 Å². The van der Waals surface area contributed by atoms with E-state index in [-0.39, 0.29) is 0 Å². The topological polar surface area (TPSA) is 35.2 Å². The Morgan fingerprint density at radius 1 is 1.21 bits per heavy atom. The second kappa shape index (κ2) is 6.54. The third-order valence-electron chi connectivity index (χ3n) is 2.52. The maximum absolute atomic E-state index is 6.12. The van der Waals surface area contributed by atoms with E-state index in [4.69, 9.17) is 34.3 Å². The molecule has 0 radical (unpaired) electrons. The summed E-state index contributed by atoms with van der Waals surface area (Å²) in [4.78, 5) is 0.325. The number of hydrogen-bond donors (Lipinski definition) is 1. The number of ether oxygens (including phenoxy) is 1. The lowest BCUT2D eigenvalue weighted by Gasteiger charge is -2.09. The van der Waals surface area contributed by atoms with Crippen LogP contribution in [0.15, 0.2) is 42.5 Å². The molecule has 0 spiro atoms. The predicted octanol–water partition coefficient (Wildman–Crippen LogP) is 4.16. The Hall–Kier alpha value is -0.850. The van der Waals surface area contributed by atoms with Gasteiger partial charge in [0.15, 0.2) is 0 Å². The third kappa shape index (κ3) is 4.06. The van der Waals surface area contributed by atoms with Crippen molar-refractivity contribution in [2.45, 2.75) is 6.61 Å². The second-order valence-electron chi connectivity index (χ2n) is 3.92. The molecule has 0 bridgehead atoms. The zero-order valence-corrected chi connectivity index (χ0v) is 13.6. The molecule has 0 saturated heterocycles. The summed E-state index contributed by atoms with van der Waals surface area (Å²) in [5, 5.41) is 0.510. The van der Waals surface area contributed by atoms with Gasteiger partial charge < -0.3 is 10.5 Å². The largest absolute Gasteiger partial charge is 0.487 e. The van der Waals surface area contributed by atoms with Crippen molar-refractivity contribution >= 4 is 51.4 Å². The molecular weight excluding hydrogens is 393 g/mol. The molecule has 0 atom stereocenters. The zero-order valence-electron chi connectivity index (χ0n) is 9.90. The summed E-state index contributed by atoms with van der Waals surface area (Å²) in [5.41, 5.74) is 7.37. The first-order chi connectivity index (χ1) is 9.06. The minimum Gasteiger partial charge on any atom is -0.487 e. The summed E-state index contributed by atoms with van der Waals surface area (Å²) in [6.45, 7) is 0.475. The van der Waals surface area contributed by atoms with Crippen LogP contribution >= 0.6 is 46.4 Å². The van der Waals surface area contributed by atoms with E-state index in [0.29, 0.717) is 22.4 Å². The van der Waals surface area contributed by atoms with Gasteiger partial charge in [-0.1, -0.05) is 36.0 Å². The van der Waals surface area contributed by atoms with Crippen LogP contribution < -0.4 is 10.5 Å². The first kappa shape index (κ1) is 14.6. The van der Waals surface area contributed by atoms with Gasteiger partial charge in [0.2, 0.25) is 0 Å². The highest BCUT2D eigenvalue weighted by Gasteiger charge is 2.05. The Balaban J connectivity index is 2.07. The number of thiocarbonyl (C=S) groups is 1. The van der Waals surface area contributed by atoms with E-state index < -0.39 is 0 Å². The Morgan fingerprint density at radius 2 is 1.89 bits per heavy atom. The van der Waals surface area contributed by atoms with Crippen molar-refractivity contribution < 1.29 is 4.74 Å². The van der Waals surface area contributed by atoms with Crippen molar-refractivity contribution in [2.75, 3.05) is 0 Å². The molecule has 0 fully saturated rings. The molecule has 0 unspecified atom stereocenters. The van der Waals surface area contributed by atoms with Crippen LogP contribution in [0.3, 0.4) is 0 Å². The Morgan fingerprint density at radius 3 is 2.47 bits per heavy atom. The maximum Gasteiger partial charge on any atom is 0.138 e. The van der Waals surface area contributed by atoms with Crippen molar-refractivity contribution in [1.82, 2.24) is 0 Å². The molecule has 0 heterocycles. The van der Waals surface area contributed by atoms with Crippen molar-refractivity contribution in [1.29, 1.82) is 0 Å². The summed E-state index contributed by atoms with van der Waals surface area (Å²) in [7, 11) is 0. The van der Waals surface area contributed by atoms with Gasteiger partial charge in [-0.2, -0.15) is 0 Å². The molecule has 0 amide bonds. The van der Waals surface area contributed by atoms with E-state index in [0.717, 1.165) is 11.1 Å².